The highest BCUT2D eigenvalue weighted by Gasteiger charge is 2.22. The quantitative estimate of drug-likeness (QED) is 0.871. The molecule has 19 heavy (non-hydrogen) atoms. The fourth-order valence-corrected chi connectivity index (χ4v) is 2.39. The van der Waals surface area contributed by atoms with Crippen LogP contribution >= 0.6 is 0 Å². The van der Waals surface area contributed by atoms with E-state index in [0.29, 0.717) is 0 Å². The minimum atomic E-state index is 0.0355. The molecule has 1 heterocycles. The maximum absolute atomic E-state index is 12.1. The molecule has 0 radical (unpaired) electrons. The summed E-state index contributed by atoms with van der Waals surface area (Å²) in [7, 11) is 1.65. The van der Waals surface area contributed by atoms with Gasteiger partial charge in [0, 0.05) is 5.92 Å². The first-order valence-corrected chi connectivity index (χ1v) is 6.85. The van der Waals surface area contributed by atoms with Crippen LogP contribution in [0.5, 0.6) is 5.75 Å². The topological polar surface area (TPSA) is 50.4 Å². The van der Waals surface area contributed by atoms with Crippen LogP contribution in [0.1, 0.15) is 31.4 Å². The van der Waals surface area contributed by atoms with Crippen molar-refractivity contribution < 1.29 is 9.53 Å². The van der Waals surface area contributed by atoms with Gasteiger partial charge in [-0.05, 0) is 50.6 Å². The van der Waals surface area contributed by atoms with Crippen molar-refractivity contribution in [1.29, 1.82) is 0 Å². The second-order valence-electron chi connectivity index (χ2n) is 5.03. The van der Waals surface area contributed by atoms with Crippen molar-refractivity contribution in [2.24, 2.45) is 5.92 Å². The maximum atomic E-state index is 12.1. The Morgan fingerprint density at radius 3 is 2.53 bits per heavy atom. The number of methoxy groups -OCH3 is 1. The summed E-state index contributed by atoms with van der Waals surface area (Å²) >= 11 is 0. The fraction of sp³-hybridized carbons (Fsp3) is 0.533. The highest BCUT2D eigenvalue weighted by atomic mass is 16.5. The molecule has 104 valence electrons. The summed E-state index contributed by atoms with van der Waals surface area (Å²) in [5.74, 6) is 1.16. The van der Waals surface area contributed by atoms with Gasteiger partial charge in [0.25, 0.3) is 0 Å². The van der Waals surface area contributed by atoms with E-state index in [1.807, 2.05) is 31.2 Å². The monoisotopic (exact) mass is 262 g/mol. The van der Waals surface area contributed by atoms with Crippen LogP contribution in [0.4, 0.5) is 0 Å². The van der Waals surface area contributed by atoms with E-state index in [1.165, 1.54) is 0 Å². The van der Waals surface area contributed by atoms with Crippen LogP contribution in [0.3, 0.4) is 0 Å². The van der Waals surface area contributed by atoms with Gasteiger partial charge in [0.05, 0.1) is 13.2 Å². The van der Waals surface area contributed by atoms with Crippen molar-refractivity contribution in [3.8, 4) is 5.75 Å². The Labute approximate surface area is 114 Å². The standard InChI is InChI=1S/C15H22N2O2/c1-11(12-3-5-14(19-2)6-4-12)17-15(18)13-7-9-16-10-8-13/h3-6,11,13,16H,7-10H2,1-2H3,(H,17,18). The number of ether oxygens (including phenoxy) is 1. The van der Waals surface area contributed by atoms with Crippen molar-refractivity contribution in [1.82, 2.24) is 10.6 Å². The highest BCUT2D eigenvalue weighted by Crippen LogP contribution is 2.19. The van der Waals surface area contributed by atoms with Gasteiger partial charge in [0.1, 0.15) is 5.75 Å². The Kier molecular flexibility index (Phi) is 4.80. The molecule has 2 rings (SSSR count). The second kappa shape index (κ2) is 6.57. The Morgan fingerprint density at radius 1 is 1.32 bits per heavy atom. The Hall–Kier alpha value is -1.55. The summed E-state index contributed by atoms with van der Waals surface area (Å²) in [6, 6.07) is 7.86. The molecule has 1 aromatic carbocycles. The van der Waals surface area contributed by atoms with Gasteiger partial charge in [0.15, 0.2) is 0 Å². The lowest BCUT2D eigenvalue weighted by Crippen LogP contribution is -2.39. The molecule has 0 aromatic heterocycles. The number of rotatable bonds is 4. The van der Waals surface area contributed by atoms with Crippen LogP contribution < -0.4 is 15.4 Å². The van der Waals surface area contributed by atoms with Crippen LogP contribution in [0.25, 0.3) is 0 Å². The Bertz CT molecular complexity index is 411. The number of amides is 1. The summed E-state index contributed by atoms with van der Waals surface area (Å²) in [6.07, 6.45) is 1.86. The largest absolute Gasteiger partial charge is 0.497 e. The van der Waals surface area contributed by atoms with Crippen LogP contribution in [0, 0.1) is 5.92 Å². The van der Waals surface area contributed by atoms with E-state index in [-0.39, 0.29) is 17.9 Å². The van der Waals surface area contributed by atoms with Gasteiger partial charge in [-0.25, -0.2) is 0 Å². The molecule has 1 aliphatic heterocycles. The summed E-state index contributed by atoms with van der Waals surface area (Å²) in [6.45, 7) is 3.89. The zero-order valence-corrected chi connectivity index (χ0v) is 11.6. The van der Waals surface area contributed by atoms with Gasteiger partial charge in [-0.1, -0.05) is 12.1 Å². The molecule has 0 spiro atoms. The zero-order valence-electron chi connectivity index (χ0n) is 11.6. The number of nitrogens with one attached hydrogen (secondary N) is 2. The average molecular weight is 262 g/mol. The molecule has 0 bridgehead atoms. The Balaban J connectivity index is 1.91. The first-order valence-electron chi connectivity index (χ1n) is 6.85. The third-order valence-corrected chi connectivity index (χ3v) is 3.68. The van der Waals surface area contributed by atoms with Gasteiger partial charge in [-0.3, -0.25) is 4.79 Å². The minimum Gasteiger partial charge on any atom is -0.497 e. The number of hydrogen-bond donors (Lipinski definition) is 2. The van der Waals surface area contributed by atoms with Crippen LogP contribution in [0.2, 0.25) is 0 Å². The third kappa shape index (κ3) is 3.70. The fourth-order valence-electron chi connectivity index (χ4n) is 2.39. The zero-order chi connectivity index (χ0) is 13.7. The predicted octanol–water partition coefficient (Wildman–Crippen LogP) is 1.87. The summed E-state index contributed by atoms with van der Waals surface area (Å²) < 4.78 is 5.13. The van der Waals surface area contributed by atoms with Crippen molar-refractivity contribution in [2.75, 3.05) is 20.2 Å². The summed E-state index contributed by atoms with van der Waals surface area (Å²) in [5.41, 5.74) is 1.10. The van der Waals surface area contributed by atoms with E-state index in [1.54, 1.807) is 7.11 Å². The van der Waals surface area contributed by atoms with E-state index in [2.05, 4.69) is 10.6 Å². The molecular weight excluding hydrogens is 240 g/mol. The molecule has 2 N–H and O–H groups in total. The third-order valence-electron chi connectivity index (χ3n) is 3.68. The van der Waals surface area contributed by atoms with Gasteiger partial charge >= 0.3 is 0 Å². The molecule has 1 unspecified atom stereocenters. The average Bonchev–Trinajstić information content (AvgIpc) is 2.48. The number of hydrogen-bond acceptors (Lipinski definition) is 3. The molecule has 1 fully saturated rings. The number of piperidine rings is 1. The second-order valence-corrected chi connectivity index (χ2v) is 5.03. The smallest absolute Gasteiger partial charge is 0.223 e. The molecule has 1 atom stereocenters. The highest BCUT2D eigenvalue weighted by molar-refractivity contribution is 5.79. The van der Waals surface area contributed by atoms with Crippen molar-refractivity contribution in [3.63, 3.8) is 0 Å². The molecule has 1 amide bonds. The SMILES string of the molecule is COc1ccc(C(C)NC(=O)C2CCNCC2)cc1. The molecule has 4 heteroatoms. The first kappa shape index (κ1) is 13.9. The molecule has 0 saturated carbocycles. The van der Waals surface area contributed by atoms with Crippen LogP contribution in [-0.2, 0) is 4.79 Å². The molecule has 1 aliphatic rings. The van der Waals surface area contributed by atoms with E-state index in [0.717, 1.165) is 37.2 Å². The number of carbonyl (C=O) groups is 1. The molecule has 4 nitrogen and oxygen atoms in total. The van der Waals surface area contributed by atoms with Crippen LogP contribution in [0.15, 0.2) is 24.3 Å². The lowest BCUT2D eigenvalue weighted by atomic mass is 9.96. The number of carbonyl (C=O) groups excluding carboxylic acids is 1. The lowest BCUT2D eigenvalue weighted by Gasteiger charge is -2.24. The predicted molar refractivity (Wildman–Crippen MR) is 75.1 cm³/mol. The van der Waals surface area contributed by atoms with E-state index < -0.39 is 0 Å². The lowest BCUT2D eigenvalue weighted by molar-refractivity contribution is -0.126. The van der Waals surface area contributed by atoms with Crippen LogP contribution in [-0.4, -0.2) is 26.1 Å². The van der Waals surface area contributed by atoms with Crippen molar-refractivity contribution in [2.45, 2.75) is 25.8 Å². The first-order chi connectivity index (χ1) is 9.20. The van der Waals surface area contributed by atoms with Crippen molar-refractivity contribution >= 4 is 5.91 Å². The maximum Gasteiger partial charge on any atom is 0.223 e. The van der Waals surface area contributed by atoms with Gasteiger partial charge in [-0.15, -0.1) is 0 Å². The minimum absolute atomic E-state index is 0.0355. The molecular formula is C15H22N2O2. The van der Waals surface area contributed by atoms with E-state index >= 15 is 0 Å². The van der Waals surface area contributed by atoms with Gasteiger partial charge in [-0.2, -0.15) is 0 Å². The summed E-state index contributed by atoms with van der Waals surface area (Å²) in [4.78, 5) is 12.1. The summed E-state index contributed by atoms with van der Waals surface area (Å²) in [5, 5.41) is 6.37. The molecule has 1 aromatic rings. The van der Waals surface area contributed by atoms with Crippen molar-refractivity contribution in [3.05, 3.63) is 29.8 Å². The normalized spacial score (nSPS) is 17.8. The van der Waals surface area contributed by atoms with Gasteiger partial charge in [0.2, 0.25) is 5.91 Å². The van der Waals surface area contributed by atoms with Gasteiger partial charge < -0.3 is 15.4 Å². The van der Waals surface area contributed by atoms with E-state index in [9.17, 15) is 4.79 Å². The number of benzene rings is 1. The molecule has 0 aliphatic carbocycles. The van der Waals surface area contributed by atoms with E-state index in [4.69, 9.17) is 4.74 Å². The molecule has 1 saturated heterocycles. The Morgan fingerprint density at radius 2 is 1.95 bits per heavy atom.